The van der Waals surface area contributed by atoms with Gasteiger partial charge < -0.3 is 9.84 Å². The summed E-state index contributed by atoms with van der Waals surface area (Å²) >= 11 is 5.60. The fourth-order valence-electron chi connectivity index (χ4n) is 1.34. The van der Waals surface area contributed by atoms with Crippen LogP contribution in [-0.4, -0.2) is 21.0 Å². The van der Waals surface area contributed by atoms with Crippen LogP contribution in [0.15, 0.2) is 24.3 Å². The molecule has 1 aromatic heterocycles. The zero-order valence-electron chi connectivity index (χ0n) is 9.72. The Bertz CT molecular complexity index is 649. The fraction of sp³-hybridized carbons (Fsp3) is 0.0833. The van der Waals surface area contributed by atoms with E-state index in [1.807, 2.05) is 0 Å². The lowest BCUT2D eigenvalue weighted by Gasteiger charge is -2.06. The Labute approximate surface area is 112 Å². The molecular formula is C12H8ClFN2O3. The average molecular weight is 283 g/mol. The van der Waals surface area contributed by atoms with Crippen molar-refractivity contribution in [3.05, 3.63) is 46.5 Å². The van der Waals surface area contributed by atoms with Crippen molar-refractivity contribution in [3.8, 4) is 11.8 Å². The largest absolute Gasteiger partial charge is 0.477 e. The Morgan fingerprint density at radius 2 is 2.11 bits per heavy atom. The van der Waals surface area contributed by atoms with Crippen LogP contribution in [0.25, 0.3) is 0 Å². The Balaban J connectivity index is 2.32. The van der Waals surface area contributed by atoms with E-state index in [4.69, 9.17) is 21.4 Å². The van der Waals surface area contributed by atoms with Gasteiger partial charge in [0.15, 0.2) is 5.69 Å². The van der Waals surface area contributed by atoms with Crippen LogP contribution in [0.4, 0.5) is 4.39 Å². The molecule has 1 aromatic carbocycles. The first-order valence-electron chi connectivity index (χ1n) is 5.17. The molecule has 5 nitrogen and oxygen atoms in total. The summed E-state index contributed by atoms with van der Waals surface area (Å²) in [7, 11) is 0. The summed E-state index contributed by atoms with van der Waals surface area (Å²) in [5, 5.41) is 8.76. The Morgan fingerprint density at radius 1 is 1.37 bits per heavy atom. The summed E-state index contributed by atoms with van der Waals surface area (Å²) in [5.41, 5.74) is 0.256. The molecule has 0 saturated carbocycles. The quantitative estimate of drug-likeness (QED) is 0.936. The number of carbonyl (C=O) groups is 1. The predicted octanol–water partition coefficient (Wildman–Crippen LogP) is 3.07. The standard InChI is InChI=1S/C12H8ClFN2O3/c1-6-4-10(11(17)18)16-12(15-6)19-7-2-3-9(14)8(13)5-7/h2-5H,1H3,(H,17,18). The summed E-state index contributed by atoms with van der Waals surface area (Å²) in [6.07, 6.45) is 0. The van der Waals surface area contributed by atoms with Crippen molar-refractivity contribution in [1.29, 1.82) is 0 Å². The Hall–Kier alpha value is -2.21. The van der Waals surface area contributed by atoms with Crippen LogP contribution in [0.3, 0.4) is 0 Å². The van der Waals surface area contributed by atoms with Crippen LogP contribution in [0.5, 0.6) is 11.8 Å². The highest BCUT2D eigenvalue weighted by atomic mass is 35.5. The highest BCUT2D eigenvalue weighted by Gasteiger charge is 2.11. The number of aromatic nitrogens is 2. The van der Waals surface area contributed by atoms with Crippen molar-refractivity contribution in [2.24, 2.45) is 0 Å². The van der Waals surface area contributed by atoms with Gasteiger partial charge in [0.1, 0.15) is 11.6 Å². The Morgan fingerprint density at radius 3 is 2.74 bits per heavy atom. The molecule has 0 bridgehead atoms. The van der Waals surface area contributed by atoms with Gasteiger partial charge in [-0.1, -0.05) is 11.6 Å². The van der Waals surface area contributed by atoms with E-state index < -0.39 is 11.8 Å². The number of ether oxygens (including phenoxy) is 1. The van der Waals surface area contributed by atoms with Crippen LogP contribution >= 0.6 is 11.6 Å². The van der Waals surface area contributed by atoms with E-state index >= 15 is 0 Å². The molecule has 0 amide bonds. The van der Waals surface area contributed by atoms with Crippen LogP contribution in [0, 0.1) is 12.7 Å². The van der Waals surface area contributed by atoms with E-state index in [0.717, 1.165) is 6.07 Å². The molecule has 1 heterocycles. The molecule has 0 saturated heterocycles. The monoisotopic (exact) mass is 282 g/mol. The van der Waals surface area contributed by atoms with Gasteiger partial charge in [-0.15, -0.1) is 0 Å². The van der Waals surface area contributed by atoms with Gasteiger partial charge in [-0.2, -0.15) is 4.98 Å². The molecule has 0 aliphatic rings. The lowest BCUT2D eigenvalue weighted by Crippen LogP contribution is -2.04. The first kappa shape index (κ1) is 13.2. The van der Waals surface area contributed by atoms with Gasteiger partial charge in [0.2, 0.25) is 0 Å². The molecule has 7 heteroatoms. The topological polar surface area (TPSA) is 72.3 Å². The van der Waals surface area contributed by atoms with Gasteiger partial charge >= 0.3 is 12.0 Å². The van der Waals surface area contributed by atoms with Crippen LogP contribution in [-0.2, 0) is 0 Å². The van der Waals surface area contributed by atoms with E-state index in [2.05, 4.69) is 9.97 Å². The second-order valence-electron chi connectivity index (χ2n) is 3.66. The number of halogens is 2. The van der Waals surface area contributed by atoms with E-state index in [1.165, 1.54) is 18.2 Å². The number of benzene rings is 1. The molecule has 0 aliphatic carbocycles. The van der Waals surface area contributed by atoms with Crippen molar-refractivity contribution >= 4 is 17.6 Å². The molecular weight excluding hydrogens is 275 g/mol. The second kappa shape index (κ2) is 5.19. The van der Waals surface area contributed by atoms with Gasteiger partial charge in [0, 0.05) is 11.8 Å². The van der Waals surface area contributed by atoms with Crippen LogP contribution < -0.4 is 4.74 Å². The lowest BCUT2D eigenvalue weighted by molar-refractivity contribution is 0.0689. The summed E-state index contributed by atoms with van der Waals surface area (Å²) in [4.78, 5) is 18.5. The molecule has 0 atom stereocenters. The number of hydrogen-bond acceptors (Lipinski definition) is 4. The number of carboxylic acids is 1. The van der Waals surface area contributed by atoms with E-state index in [-0.39, 0.29) is 22.5 Å². The first-order chi connectivity index (χ1) is 8.95. The van der Waals surface area contributed by atoms with E-state index in [9.17, 15) is 9.18 Å². The van der Waals surface area contributed by atoms with Gasteiger partial charge in [0.25, 0.3) is 0 Å². The Kier molecular flexibility index (Phi) is 3.62. The number of rotatable bonds is 3. The van der Waals surface area contributed by atoms with Crippen molar-refractivity contribution in [2.75, 3.05) is 0 Å². The smallest absolute Gasteiger partial charge is 0.354 e. The molecule has 98 valence electrons. The van der Waals surface area contributed by atoms with E-state index in [1.54, 1.807) is 6.92 Å². The third-order valence-corrected chi connectivity index (χ3v) is 2.44. The average Bonchev–Trinajstić information content (AvgIpc) is 2.33. The molecule has 2 aromatic rings. The van der Waals surface area contributed by atoms with Crippen LogP contribution in [0.1, 0.15) is 16.2 Å². The molecule has 0 fully saturated rings. The van der Waals surface area contributed by atoms with Crippen molar-refractivity contribution < 1.29 is 19.0 Å². The summed E-state index contributed by atoms with van der Waals surface area (Å²) < 4.78 is 18.2. The number of aromatic carboxylic acids is 1. The number of carboxylic acid groups (broad SMARTS) is 1. The number of aryl methyl sites for hydroxylation is 1. The zero-order chi connectivity index (χ0) is 14.0. The molecule has 1 N–H and O–H groups in total. The van der Waals surface area contributed by atoms with Gasteiger partial charge in [0.05, 0.1) is 5.02 Å². The maximum atomic E-state index is 13.0. The minimum absolute atomic E-state index is 0.108. The van der Waals surface area contributed by atoms with Crippen LogP contribution in [0.2, 0.25) is 5.02 Å². The molecule has 19 heavy (non-hydrogen) atoms. The SMILES string of the molecule is Cc1cc(C(=O)O)nc(Oc2ccc(F)c(Cl)c2)n1. The first-order valence-corrected chi connectivity index (χ1v) is 5.55. The summed E-state index contributed by atoms with van der Waals surface area (Å²) in [6.45, 7) is 1.61. The number of nitrogens with zero attached hydrogens (tertiary/aromatic N) is 2. The van der Waals surface area contributed by atoms with Gasteiger partial charge in [-0.25, -0.2) is 14.2 Å². The van der Waals surface area contributed by atoms with Gasteiger partial charge in [-0.3, -0.25) is 0 Å². The molecule has 0 spiro atoms. The third-order valence-electron chi connectivity index (χ3n) is 2.15. The lowest BCUT2D eigenvalue weighted by atomic mass is 10.3. The second-order valence-corrected chi connectivity index (χ2v) is 4.07. The molecule has 0 unspecified atom stereocenters. The summed E-state index contributed by atoms with van der Waals surface area (Å²) in [5.74, 6) is -1.55. The van der Waals surface area contributed by atoms with Crippen molar-refractivity contribution in [1.82, 2.24) is 9.97 Å². The maximum absolute atomic E-state index is 13.0. The normalized spacial score (nSPS) is 10.3. The third kappa shape index (κ3) is 3.17. The van der Waals surface area contributed by atoms with Crippen molar-refractivity contribution in [2.45, 2.75) is 6.92 Å². The predicted molar refractivity (Wildman–Crippen MR) is 65.2 cm³/mol. The zero-order valence-corrected chi connectivity index (χ0v) is 10.5. The molecule has 0 radical (unpaired) electrons. The summed E-state index contributed by atoms with van der Waals surface area (Å²) in [6, 6.07) is 4.90. The highest BCUT2D eigenvalue weighted by molar-refractivity contribution is 6.30. The maximum Gasteiger partial charge on any atom is 0.354 e. The minimum atomic E-state index is -1.19. The molecule has 2 rings (SSSR count). The van der Waals surface area contributed by atoms with Crippen molar-refractivity contribution in [3.63, 3.8) is 0 Å². The minimum Gasteiger partial charge on any atom is -0.477 e. The number of hydrogen-bond donors (Lipinski definition) is 1. The fourth-order valence-corrected chi connectivity index (χ4v) is 1.51. The van der Waals surface area contributed by atoms with Gasteiger partial charge in [-0.05, 0) is 25.1 Å². The molecule has 0 aliphatic heterocycles. The highest BCUT2D eigenvalue weighted by Crippen LogP contribution is 2.24. The van der Waals surface area contributed by atoms with E-state index in [0.29, 0.717) is 5.69 Å².